The third kappa shape index (κ3) is 14.3. The van der Waals surface area contributed by atoms with Crippen LogP contribution in [0.2, 0.25) is 0 Å². The van der Waals surface area contributed by atoms with Crippen LogP contribution in [0, 0.1) is 0 Å². The summed E-state index contributed by atoms with van der Waals surface area (Å²) < 4.78 is 6.44. The number of morpholine rings is 1. The van der Waals surface area contributed by atoms with Crippen molar-refractivity contribution in [3.05, 3.63) is 0 Å². The lowest BCUT2D eigenvalue weighted by Crippen LogP contribution is -3.00. The van der Waals surface area contributed by atoms with E-state index in [1.165, 1.54) is 103 Å². The standard InChI is InChI=1S/C30H57N2O3.ClH/c1-2-3-4-5-6-7-8-9-10-11-12-13-14-15-16-20-23-32(24-26-35-27-25-32)28-30(34)31-22-19-17-18-21-29(31)33;/h2-28H2,1H3;1H/q+1;/p-1. The molecule has 0 aromatic rings. The number of carbonyl (C=O) groups is 2. The smallest absolute Gasteiger partial charge is 0.284 e. The summed E-state index contributed by atoms with van der Waals surface area (Å²) >= 11 is 0. The SMILES string of the molecule is CCCCCCCCCCCCCCCCCC[N+]1(CC(=O)N2CCCCCC2=O)CCOCC1.[Cl-]. The number of hydrogen-bond acceptors (Lipinski definition) is 3. The summed E-state index contributed by atoms with van der Waals surface area (Å²) in [5, 5.41) is 0. The van der Waals surface area contributed by atoms with E-state index in [1.807, 2.05) is 0 Å². The Hall–Kier alpha value is -0.650. The van der Waals surface area contributed by atoms with Crippen molar-refractivity contribution in [2.24, 2.45) is 0 Å². The maximum Gasteiger partial charge on any atom is 0.284 e. The zero-order valence-corrected chi connectivity index (χ0v) is 24.3. The molecular weight excluding hydrogens is 472 g/mol. The van der Waals surface area contributed by atoms with Crippen LogP contribution in [0.1, 0.15) is 135 Å². The van der Waals surface area contributed by atoms with Gasteiger partial charge in [0.25, 0.3) is 5.91 Å². The van der Waals surface area contributed by atoms with E-state index < -0.39 is 0 Å². The lowest BCUT2D eigenvalue weighted by atomic mass is 10.0. The number of halogens is 1. The van der Waals surface area contributed by atoms with Crippen LogP contribution in [0.3, 0.4) is 0 Å². The highest BCUT2D eigenvalue weighted by atomic mass is 35.5. The second-order valence-electron chi connectivity index (χ2n) is 11.3. The average molecular weight is 529 g/mol. The average Bonchev–Trinajstić information content (AvgIpc) is 3.08. The normalized spacial score (nSPS) is 18.0. The Balaban J connectivity index is 0.00000648. The van der Waals surface area contributed by atoms with Crippen molar-refractivity contribution in [2.75, 3.05) is 45.9 Å². The Labute approximate surface area is 229 Å². The van der Waals surface area contributed by atoms with Crippen LogP contribution < -0.4 is 12.4 Å². The van der Waals surface area contributed by atoms with Crippen LogP contribution >= 0.6 is 0 Å². The highest BCUT2D eigenvalue weighted by Crippen LogP contribution is 2.19. The minimum atomic E-state index is 0. The van der Waals surface area contributed by atoms with Crippen LogP contribution in [0.25, 0.3) is 0 Å². The monoisotopic (exact) mass is 528 g/mol. The molecule has 212 valence electrons. The molecule has 6 heteroatoms. The second kappa shape index (κ2) is 21.3. The van der Waals surface area contributed by atoms with Gasteiger partial charge in [-0.25, -0.2) is 0 Å². The van der Waals surface area contributed by atoms with E-state index in [0.717, 1.165) is 56.6 Å². The first-order valence-electron chi connectivity index (χ1n) is 15.4. The molecule has 5 nitrogen and oxygen atoms in total. The van der Waals surface area contributed by atoms with Gasteiger partial charge in [0.05, 0.1) is 19.8 Å². The predicted octanol–water partition coefficient (Wildman–Crippen LogP) is 4.03. The van der Waals surface area contributed by atoms with E-state index in [0.29, 0.717) is 19.5 Å². The summed E-state index contributed by atoms with van der Waals surface area (Å²) in [5.41, 5.74) is 0. The van der Waals surface area contributed by atoms with E-state index in [4.69, 9.17) is 4.74 Å². The van der Waals surface area contributed by atoms with Crippen LogP contribution in [-0.4, -0.2) is 67.1 Å². The number of rotatable bonds is 19. The number of quaternary nitrogens is 1. The number of amides is 2. The first-order valence-corrected chi connectivity index (χ1v) is 15.4. The van der Waals surface area contributed by atoms with Gasteiger partial charge >= 0.3 is 0 Å². The molecule has 0 saturated carbocycles. The molecule has 2 amide bonds. The fourth-order valence-corrected chi connectivity index (χ4v) is 5.81. The molecule has 0 spiro atoms. The quantitative estimate of drug-likeness (QED) is 0.188. The molecule has 2 rings (SSSR count). The van der Waals surface area contributed by atoms with Gasteiger partial charge in [0, 0.05) is 13.0 Å². The Kier molecular flexibility index (Phi) is 19.8. The molecule has 0 aromatic carbocycles. The highest BCUT2D eigenvalue weighted by molar-refractivity contribution is 5.96. The molecule has 2 aliphatic heterocycles. The minimum Gasteiger partial charge on any atom is -1.00 e. The summed E-state index contributed by atoms with van der Waals surface area (Å²) in [7, 11) is 0. The third-order valence-corrected chi connectivity index (χ3v) is 8.25. The van der Waals surface area contributed by atoms with Crippen LogP contribution in [0.4, 0.5) is 0 Å². The Bertz CT molecular complexity index is 566. The van der Waals surface area contributed by atoms with Gasteiger partial charge in [-0.15, -0.1) is 0 Å². The number of imide groups is 1. The Morgan fingerprint density at radius 2 is 1.25 bits per heavy atom. The summed E-state index contributed by atoms with van der Waals surface area (Å²) in [4.78, 5) is 27.0. The second-order valence-corrected chi connectivity index (χ2v) is 11.3. The van der Waals surface area contributed by atoms with E-state index in [1.54, 1.807) is 4.90 Å². The fraction of sp³-hybridized carbons (Fsp3) is 0.933. The first-order chi connectivity index (χ1) is 17.2. The molecule has 2 saturated heterocycles. The van der Waals surface area contributed by atoms with Gasteiger partial charge in [0.15, 0.2) is 6.54 Å². The molecule has 0 unspecified atom stereocenters. The largest absolute Gasteiger partial charge is 1.00 e. The number of nitrogens with zero attached hydrogens (tertiary/aromatic N) is 2. The highest BCUT2D eigenvalue weighted by Gasteiger charge is 2.35. The van der Waals surface area contributed by atoms with Gasteiger partial charge in [0.1, 0.15) is 13.1 Å². The van der Waals surface area contributed by atoms with Gasteiger partial charge in [0.2, 0.25) is 5.91 Å². The van der Waals surface area contributed by atoms with E-state index in [2.05, 4.69) is 6.92 Å². The molecule has 0 aliphatic carbocycles. The summed E-state index contributed by atoms with van der Waals surface area (Å²) in [6.45, 7) is 7.73. The number of hydrogen-bond donors (Lipinski definition) is 0. The van der Waals surface area contributed by atoms with Gasteiger partial charge in [-0.2, -0.15) is 0 Å². The topological polar surface area (TPSA) is 46.6 Å². The number of carbonyl (C=O) groups excluding carboxylic acids is 2. The maximum absolute atomic E-state index is 13.1. The van der Waals surface area contributed by atoms with Crippen molar-refractivity contribution in [1.82, 2.24) is 4.90 Å². The molecule has 36 heavy (non-hydrogen) atoms. The van der Waals surface area contributed by atoms with Crippen molar-refractivity contribution in [3.8, 4) is 0 Å². The summed E-state index contributed by atoms with van der Waals surface area (Å²) in [6.07, 6.45) is 25.6. The molecule has 0 N–H and O–H groups in total. The number of ether oxygens (including phenoxy) is 1. The van der Waals surface area contributed by atoms with Crippen LogP contribution in [-0.2, 0) is 14.3 Å². The van der Waals surface area contributed by atoms with E-state index in [9.17, 15) is 9.59 Å². The molecule has 0 atom stereocenters. The zero-order chi connectivity index (χ0) is 25.0. The summed E-state index contributed by atoms with van der Waals surface area (Å²) in [6, 6.07) is 0. The summed E-state index contributed by atoms with van der Waals surface area (Å²) in [5.74, 6) is 0.0941. The molecule has 2 heterocycles. The van der Waals surface area contributed by atoms with Gasteiger partial charge < -0.3 is 21.6 Å². The molecule has 0 radical (unpaired) electrons. The minimum absolute atomic E-state index is 0. The molecule has 0 aromatic heterocycles. The lowest BCUT2D eigenvalue weighted by molar-refractivity contribution is -0.928. The number of likely N-dealkylation sites (tertiary alicyclic amines) is 1. The molecule has 2 fully saturated rings. The van der Waals surface area contributed by atoms with Crippen molar-refractivity contribution in [2.45, 2.75) is 135 Å². The van der Waals surface area contributed by atoms with Crippen molar-refractivity contribution in [3.63, 3.8) is 0 Å². The zero-order valence-electron chi connectivity index (χ0n) is 23.6. The van der Waals surface area contributed by atoms with Crippen molar-refractivity contribution in [1.29, 1.82) is 0 Å². The first kappa shape index (κ1) is 33.4. The Morgan fingerprint density at radius 3 is 1.78 bits per heavy atom. The van der Waals surface area contributed by atoms with Crippen molar-refractivity contribution < 1.29 is 31.2 Å². The molecule has 2 aliphatic rings. The Morgan fingerprint density at radius 1 is 0.750 bits per heavy atom. The van der Waals surface area contributed by atoms with E-state index in [-0.39, 0.29) is 24.2 Å². The van der Waals surface area contributed by atoms with Crippen molar-refractivity contribution >= 4 is 11.8 Å². The number of unbranched alkanes of at least 4 members (excludes halogenated alkanes) is 15. The third-order valence-electron chi connectivity index (χ3n) is 8.25. The van der Waals surface area contributed by atoms with Gasteiger partial charge in [-0.1, -0.05) is 103 Å². The van der Waals surface area contributed by atoms with Crippen LogP contribution in [0.15, 0.2) is 0 Å². The van der Waals surface area contributed by atoms with Gasteiger partial charge in [-0.05, 0) is 25.7 Å². The maximum atomic E-state index is 13.1. The lowest BCUT2D eigenvalue weighted by Gasteiger charge is -2.41. The molecular formula is C30H57ClN2O3. The predicted molar refractivity (Wildman–Crippen MR) is 145 cm³/mol. The van der Waals surface area contributed by atoms with E-state index >= 15 is 0 Å². The van der Waals surface area contributed by atoms with Gasteiger partial charge in [-0.3, -0.25) is 14.5 Å². The van der Waals surface area contributed by atoms with Crippen LogP contribution in [0.5, 0.6) is 0 Å². The molecule has 0 bridgehead atoms. The fourth-order valence-electron chi connectivity index (χ4n) is 5.81.